The highest BCUT2D eigenvalue weighted by atomic mass is 16.1. The van der Waals surface area contributed by atoms with Crippen LogP contribution in [0.2, 0.25) is 0 Å². The van der Waals surface area contributed by atoms with Crippen molar-refractivity contribution in [2.45, 2.75) is 40.3 Å². The Morgan fingerprint density at radius 1 is 1.30 bits per heavy atom. The van der Waals surface area contributed by atoms with Gasteiger partial charge in [-0.3, -0.25) is 4.79 Å². The molecule has 0 unspecified atom stereocenters. The molecule has 20 heavy (non-hydrogen) atoms. The van der Waals surface area contributed by atoms with Crippen LogP contribution in [-0.4, -0.2) is 10.5 Å². The van der Waals surface area contributed by atoms with Crippen molar-refractivity contribution in [3.8, 4) is 0 Å². The van der Waals surface area contributed by atoms with E-state index in [1.165, 1.54) is 0 Å². The predicted octanol–water partition coefficient (Wildman–Crippen LogP) is 2.44. The molecule has 0 fully saturated rings. The second-order valence-electron chi connectivity index (χ2n) is 5.14. The van der Waals surface area contributed by atoms with Crippen molar-refractivity contribution in [3.63, 3.8) is 0 Å². The van der Waals surface area contributed by atoms with Crippen molar-refractivity contribution < 1.29 is 9.36 Å². The number of hydrogen-bond donors (Lipinski definition) is 1. The van der Waals surface area contributed by atoms with Crippen molar-refractivity contribution in [2.24, 2.45) is 0 Å². The number of hydrogen-bond acceptors (Lipinski definition) is 1. The highest BCUT2D eigenvalue weighted by Gasteiger charge is 2.11. The van der Waals surface area contributed by atoms with Gasteiger partial charge < -0.3 is 5.32 Å². The number of para-hydroxylation sites is 1. The molecule has 0 aliphatic heterocycles. The van der Waals surface area contributed by atoms with E-state index in [0.717, 1.165) is 29.8 Å². The van der Waals surface area contributed by atoms with Gasteiger partial charge >= 0.3 is 0 Å². The van der Waals surface area contributed by atoms with E-state index < -0.39 is 0 Å². The van der Waals surface area contributed by atoms with Crippen LogP contribution in [-0.2, 0) is 17.9 Å². The maximum Gasteiger partial charge on any atom is 0.266 e. The normalized spacial score (nSPS) is 10.6. The van der Waals surface area contributed by atoms with Gasteiger partial charge in [-0.25, -0.2) is 9.13 Å². The number of carbonyl (C=O) groups excluding carboxylic acids is 1. The molecular weight excluding hydrogens is 250 g/mol. The molecule has 1 aromatic carbocycles. The predicted molar refractivity (Wildman–Crippen MR) is 79.5 cm³/mol. The molecule has 0 saturated heterocycles. The Balaban J connectivity index is 2.01. The summed E-state index contributed by atoms with van der Waals surface area (Å²) in [6.07, 6.45) is 6.98. The Labute approximate surface area is 120 Å². The number of nitrogens with zero attached hydrogens (tertiary/aromatic N) is 2. The van der Waals surface area contributed by atoms with E-state index in [9.17, 15) is 4.79 Å². The molecule has 0 saturated carbocycles. The van der Waals surface area contributed by atoms with Gasteiger partial charge in [-0.2, -0.15) is 0 Å². The Hall–Kier alpha value is -2.10. The van der Waals surface area contributed by atoms with Crippen LogP contribution in [0.15, 0.2) is 36.9 Å². The lowest BCUT2D eigenvalue weighted by Gasteiger charge is -2.10. The summed E-state index contributed by atoms with van der Waals surface area (Å²) in [5, 5.41) is 3.00. The Morgan fingerprint density at radius 3 is 2.65 bits per heavy atom. The van der Waals surface area contributed by atoms with Crippen LogP contribution in [0.5, 0.6) is 0 Å². The summed E-state index contributed by atoms with van der Waals surface area (Å²) in [7, 11) is 0. The zero-order valence-electron chi connectivity index (χ0n) is 12.4. The largest absolute Gasteiger partial charge is 0.322 e. The summed E-state index contributed by atoms with van der Waals surface area (Å²) < 4.78 is 3.99. The van der Waals surface area contributed by atoms with Crippen molar-refractivity contribution in [1.82, 2.24) is 4.57 Å². The second-order valence-corrected chi connectivity index (χ2v) is 5.14. The van der Waals surface area contributed by atoms with E-state index in [1.54, 1.807) is 0 Å². The summed E-state index contributed by atoms with van der Waals surface area (Å²) >= 11 is 0. The number of anilines is 1. The molecule has 0 spiro atoms. The zero-order chi connectivity index (χ0) is 14.5. The molecule has 106 valence electrons. The molecule has 0 aliphatic rings. The summed E-state index contributed by atoms with van der Waals surface area (Å²) in [6, 6.07) is 6.01. The lowest BCUT2D eigenvalue weighted by atomic mass is 10.1. The summed E-state index contributed by atoms with van der Waals surface area (Å²) in [4.78, 5) is 12.1. The Bertz CT molecular complexity index is 581. The number of aromatic nitrogens is 2. The van der Waals surface area contributed by atoms with Gasteiger partial charge in [0.2, 0.25) is 6.33 Å². The second kappa shape index (κ2) is 6.37. The SMILES string of the molecule is CCCn1cc[n+](CC(=O)Nc2c(C)cccc2C)c1. The summed E-state index contributed by atoms with van der Waals surface area (Å²) in [5.74, 6) is 0.00153. The average molecular weight is 272 g/mol. The molecule has 1 aromatic heterocycles. The van der Waals surface area contributed by atoms with Crippen LogP contribution in [0.25, 0.3) is 0 Å². The number of rotatable bonds is 5. The van der Waals surface area contributed by atoms with E-state index in [4.69, 9.17) is 0 Å². The van der Waals surface area contributed by atoms with Crippen molar-refractivity contribution in [1.29, 1.82) is 0 Å². The zero-order valence-corrected chi connectivity index (χ0v) is 12.4. The molecule has 0 radical (unpaired) electrons. The van der Waals surface area contributed by atoms with Gasteiger partial charge in [-0.05, 0) is 31.4 Å². The van der Waals surface area contributed by atoms with Gasteiger partial charge in [-0.15, -0.1) is 0 Å². The fourth-order valence-corrected chi connectivity index (χ4v) is 2.28. The number of amides is 1. The molecule has 4 nitrogen and oxygen atoms in total. The molecule has 2 rings (SSSR count). The van der Waals surface area contributed by atoms with Crippen molar-refractivity contribution in [2.75, 3.05) is 5.32 Å². The van der Waals surface area contributed by atoms with Gasteiger partial charge in [0.1, 0.15) is 12.4 Å². The maximum absolute atomic E-state index is 12.1. The summed E-state index contributed by atoms with van der Waals surface area (Å²) in [6.45, 7) is 7.47. The van der Waals surface area contributed by atoms with Crippen LogP contribution >= 0.6 is 0 Å². The quantitative estimate of drug-likeness (QED) is 0.834. The molecule has 0 aliphatic carbocycles. The van der Waals surface area contributed by atoms with Crippen molar-refractivity contribution >= 4 is 11.6 Å². The maximum atomic E-state index is 12.1. The third-order valence-corrected chi connectivity index (χ3v) is 3.30. The van der Waals surface area contributed by atoms with E-state index in [0.29, 0.717) is 6.54 Å². The molecule has 4 heteroatoms. The number of benzene rings is 1. The standard InChI is InChI=1S/C16H21N3O/c1-4-8-18-9-10-19(12-18)11-15(20)17-16-13(2)6-5-7-14(16)3/h5-7,9-10,12H,4,8,11H2,1-3H3/p+1. The monoisotopic (exact) mass is 272 g/mol. The third kappa shape index (κ3) is 3.47. The fraction of sp³-hybridized carbons (Fsp3) is 0.375. The smallest absolute Gasteiger partial charge is 0.266 e. The summed E-state index contributed by atoms with van der Waals surface area (Å²) in [5.41, 5.74) is 3.10. The number of carbonyl (C=O) groups is 1. The molecule has 1 N–H and O–H groups in total. The molecule has 2 aromatic rings. The van der Waals surface area contributed by atoms with Crippen LogP contribution in [0.4, 0.5) is 5.69 Å². The van der Waals surface area contributed by atoms with Crippen molar-refractivity contribution in [3.05, 3.63) is 48.0 Å². The first-order chi connectivity index (χ1) is 9.60. The molecular formula is C16H22N3O+. The van der Waals surface area contributed by atoms with Crippen LogP contribution in [0.3, 0.4) is 0 Å². The van der Waals surface area contributed by atoms with Gasteiger partial charge in [0.05, 0.1) is 6.54 Å². The lowest BCUT2D eigenvalue weighted by molar-refractivity contribution is -0.683. The minimum atomic E-state index is 0.00153. The average Bonchev–Trinajstić information content (AvgIpc) is 2.82. The molecule has 1 heterocycles. The highest BCUT2D eigenvalue weighted by molar-refractivity contribution is 5.91. The lowest BCUT2D eigenvalue weighted by Crippen LogP contribution is -2.38. The van der Waals surface area contributed by atoms with E-state index in [-0.39, 0.29) is 5.91 Å². The van der Waals surface area contributed by atoms with Crippen LogP contribution in [0.1, 0.15) is 24.5 Å². The highest BCUT2D eigenvalue weighted by Crippen LogP contribution is 2.19. The van der Waals surface area contributed by atoms with Gasteiger partial charge in [0.25, 0.3) is 5.91 Å². The third-order valence-electron chi connectivity index (χ3n) is 3.30. The fourth-order valence-electron chi connectivity index (χ4n) is 2.28. The molecule has 1 amide bonds. The first-order valence-electron chi connectivity index (χ1n) is 7.01. The number of imidazole rings is 1. The minimum absolute atomic E-state index is 0.00153. The van der Waals surface area contributed by atoms with Crippen LogP contribution < -0.4 is 9.88 Å². The molecule has 0 bridgehead atoms. The topological polar surface area (TPSA) is 37.9 Å². The first-order valence-corrected chi connectivity index (χ1v) is 7.01. The van der Waals surface area contributed by atoms with Gasteiger partial charge in [0, 0.05) is 5.69 Å². The first kappa shape index (κ1) is 14.3. The van der Waals surface area contributed by atoms with Gasteiger partial charge in [-0.1, -0.05) is 25.1 Å². The number of aryl methyl sites for hydroxylation is 3. The van der Waals surface area contributed by atoms with Gasteiger partial charge in [0.15, 0.2) is 6.54 Å². The Morgan fingerprint density at radius 2 is 2.00 bits per heavy atom. The van der Waals surface area contributed by atoms with E-state index >= 15 is 0 Å². The van der Waals surface area contributed by atoms with Crippen LogP contribution in [0, 0.1) is 13.8 Å². The van der Waals surface area contributed by atoms with E-state index in [2.05, 4.69) is 16.8 Å². The van der Waals surface area contributed by atoms with E-state index in [1.807, 2.05) is 55.3 Å². The Kier molecular flexibility index (Phi) is 4.56. The number of nitrogens with one attached hydrogen (secondary N) is 1. The molecule has 0 atom stereocenters. The minimum Gasteiger partial charge on any atom is -0.322 e.